The van der Waals surface area contributed by atoms with E-state index in [0.29, 0.717) is 6.61 Å². The zero-order valence-electron chi connectivity index (χ0n) is 27.0. The van der Waals surface area contributed by atoms with Gasteiger partial charge in [-0.05, 0) is 44.9 Å². The fourth-order valence-electron chi connectivity index (χ4n) is 4.93. The van der Waals surface area contributed by atoms with Gasteiger partial charge in [0.25, 0.3) is 0 Å². The molecule has 0 fully saturated rings. The van der Waals surface area contributed by atoms with Crippen molar-refractivity contribution in [3.8, 4) is 0 Å². The van der Waals surface area contributed by atoms with Gasteiger partial charge in [0.15, 0.2) is 0 Å². The molecule has 0 heterocycles. The van der Waals surface area contributed by atoms with Gasteiger partial charge < -0.3 is 4.74 Å². The van der Waals surface area contributed by atoms with Crippen LogP contribution in [0.5, 0.6) is 0 Å². The topological polar surface area (TPSA) is 26.3 Å². The van der Waals surface area contributed by atoms with Gasteiger partial charge in [-0.15, -0.1) is 0 Å². The second kappa shape index (κ2) is 35.5. The Hall–Kier alpha value is -1.57. The maximum atomic E-state index is 11.8. The molecular formula is C38H68O2. The Morgan fingerprint density at radius 3 is 1.27 bits per heavy atom. The Morgan fingerprint density at radius 1 is 0.425 bits per heavy atom. The number of esters is 1. The van der Waals surface area contributed by atoms with Crippen molar-refractivity contribution in [2.75, 3.05) is 6.61 Å². The van der Waals surface area contributed by atoms with Crippen LogP contribution in [-0.2, 0) is 9.53 Å². The van der Waals surface area contributed by atoms with Crippen LogP contribution in [0.4, 0.5) is 0 Å². The van der Waals surface area contributed by atoms with Crippen LogP contribution in [-0.4, -0.2) is 12.6 Å². The second-order valence-corrected chi connectivity index (χ2v) is 11.6. The van der Waals surface area contributed by atoms with Crippen LogP contribution in [0.25, 0.3) is 0 Å². The summed E-state index contributed by atoms with van der Waals surface area (Å²) in [7, 11) is 0. The number of unbranched alkanes of at least 4 members (excludes halogenated alkanes) is 23. The van der Waals surface area contributed by atoms with Gasteiger partial charge in [0, 0.05) is 6.08 Å². The van der Waals surface area contributed by atoms with Gasteiger partial charge in [-0.25, -0.2) is 4.79 Å². The molecule has 0 N–H and O–H groups in total. The first-order chi connectivity index (χ1) is 19.8. The van der Waals surface area contributed by atoms with E-state index in [4.69, 9.17) is 4.74 Å². The second-order valence-electron chi connectivity index (χ2n) is 11.6. The van der Waals surface area contributed by atoms with Gasteiger partial charge in [-0.2, -0.15) is 0 Å². The van der Waals surface area contributed by atoms with Crippen molar-refractivity contribution in [3.63, 3.8) is 0 Å². The summed E-state index contributed by atoms with van der Waals surface area (Å²) in [6.45, 7) is 5.09. The molecule has 0 aliphatic heterocycles. The summed E-state index contributed by atoms with van der Waals surface area (Å²) < 4.78 is 5.30. The molecule has 0 aromatic rings. The molecule has 0 bridgehead atoms. The first kappa shape index (κ1) is 38.4. The number of ether oxygens (including phenoxy) is 1. The highest BCUT2D eigenvalue weighted by Gasteiger charge is 1.97. The number of carbonyl (C=O) groups excluding carboxylic acids is 1. The number of hydrogen-bond acceptors (Lipinski definition) is 2. The summed E-state index contributed by atoms with van der Waals surface area (Å²) in [5, 5.41) is 0. The molecule has 0 aliphatic carbocycles. The predicted molar refractivity (Wildman–Crippen MR) is 179 cm³/mol. The van der Waals surface area contributed by atoms with Crippen LogP contribution in [0.1, 0.15) is 181 Å². The monoisotopic (exact) mass is 557 g/mol. The zero-order chi connectivity index (χ0) is 29.0. The summed E-state index contributed by atoms with van der Waals surface area (Å²) >= 11 is 0. The van der Waals surface area contributed by atoms with Gasteiger partial charge in [0.1, 0.15) is 0 Å². The molecule has 0 spiro atoms. The number of rotatable bonds is 31. The third-order valence-electron chi connectivity index (χ3n) is 7.58. The lowest BCUT2D eigenvalue weighted by Gasteiger charge is -2.02. The highest BCUT2D eigenvalue weighted by Crippen LogP contribution is 2.12. The highest BCUT2D eigenvalue weighted by molar-refractivity contribution is 5.82. The van der Waals surface area contributed by atoms with Crippen molar-refractivity contribution in [2.24, 2.45) is 0 Å². The molecule has 0 saturated carbocycles. The molecule has 2 nitrogen and oxygen atoms in total. The SMILES string of the molecule is CCCCCCCC/C=C/CCCCCCCCOC(=O)C=CC=CC=CCCCCCCCCCCCCC. The molecule has 0 aliphatic rings. The average molecular weight is 557 g/mol. The Morgan fingerprint density at radius 2 is 0.800 bits per heavy atom. The number of allylic oxidation sites excluding steroid dienone is 7. The first-order valence-corrected chi connectivity index (χ1v) is 17.6. The minimum Gasteiger partial charge on any atom is -0.463 e. The number of hydrogen-bond donors (Lipinski definition) is 0. The Bertz CT molecular complexity index is 613. The number of carbonyl (C=O) groups is 1. The molecule has 0 unspecified atom stereocenters. The maximum absolute atomic E-state index is 11.8. The van der Waals surface area contributed by atoms with E-state index < -0.39 is 0 Å². The minimum absolute atomic E-state index is 0.234. The summed E-state index contributed by atoms with van der Waals surface area (Å²) in [6, 6.07) is 0. The van der Waals surface area contributed by atoms with Crippen molar-refractivity contribution in [1.82, 2.24) is 0 Å². The maximum Gasteiger partial charge on any atom is 0.330 e. The molecule has 0 radical (unpaired) electrons. The van der Waals surface area contributed by atoms with Gasteiger partial charge in [0.2, 0.25) is 0 Å². The molecule has 0 saturated heterocycles. The quantitative estimate of drug-likeness (QED) is 0.0279. The van der Waals surface area contributed by atoms with Crippen molar-refractivity contribution < 1.29 is 9.53 Å². The van der Waals surface area contributed by atoms with E-state index in [9.17, 15) is 4.79 Å². The van der Waals surface area contributed by atoms with E-state index in [1.54, 1.807) is 6.08 Å². The van der Waals surface area contributed by atoms with E-state index in [0.717, 1.165) is 19.3 Å². The van der Waals surface area contributed by atoms with Crippen LogP contribution in [0, 0.1) is 0 Å². The Labute approximate surface area is 251 Å². The zero-order valence-corrected chi connectivity index (χ0v) is 27.0. The lowest BCUT2D eigenvalue weighted by atomic mass is 10.1. The summed E-state index contributed by atoms with van der Waals surface area (Å²) in [5.74, 6) is -0.234. The normalized spacial score (nSPS) is 12.2. The molecule has 0 aromatic carbocycles. The summed E-state index contributed by atoms with van der Waals surface area (Å²) in [5.41, 5.74) is 0. The lowest BCUT2D eigenvalue weighted by molar-refractivity contribution is -0.137. The van der Waals surface area contributed by atoms with E-state index in [1.807, 2.05) is 12.2 Å². The van der Waals surface area contributed by atoms with Gasteiger partial charge in [0.05, 0.1) is 6.61 Å². The molecule has 232 valence electrons. The average Bonchev–Trinajstić information content (AvgIpc) is 2.96. The van der Waals surface area contributed by atoms with Crippen molar-refractivity contribution in [3.05, 3.63) is 48.6 Å². The standard InChI is InChI=1S/C38H68O2/c1-3-5-7-9-11-13-15-17-19-21-22-24-26-28-30-32-34-36-38(39)40-37-35-33-31-29-27-25-23-20-18-16-14-12-10-8-6-4-2/h18,20,26,28,30,32,34,36H,3-17,19,21-25,27,29,31,33,35,37H2,1-2H3/b20-18+,28-26?,32-30?,36-34?. The van der Waals surface area contributed by atoms with E-state index in [-0.39, 0.29) is 5.97 Å². The molecule has 0 aromatic heterocycles. The van der Waals surface area contributed by atoms with Crippen molar-refractivity contribution in [2.45, 2.75) is 181 Å². The van der Waals surface area contributed by atoms with E-state index in [1.165, 1.54) is 154 Å². The van der Waals surface area contributed by atoms with Crippen LogP contribution in [0.2, 0.25) is 0 Å². The predicted octanol–water partition coefficient (Wildman–Crippen LogP) is 12.9. The molecular weight excluding hydrogens is 488 g/mol. The minimum atomic E-state index is -0.234. The van der Waals surface area contributed by atoms with Gasteiger partial charge in [-0.3, -0.25) is 0 Å². The lowest BCUT2D eigenvalue weighted by Crippen LogP contribution is -2.02. The van der Waals surface area contributed by atoms with E-state index >= 15 is 0 Å². The van der Waals surface area contributed by atoms with Crippen LogP contribution < -0.4 is 0 Å². The first-order valence-electron chi connectivity index (χ1n) is 17.6. The highest BCUT2D eigenvalue weighted by atomic mass is 16.5. The van der Waals surface area contributed by atoms with Gasteiger partial charge in [-0.1, -0.05) is 178 Å². The van der Waals surface area contributed by atoms with Crippen molar-refractivity contribution >= 4 is 5.97 Å². The summed E-state index contributed by atoms with van der Waals surface area (Å²) in [6.07, 6.45) is 50.7. The van der Waals surface area contributed by atoms with Crippen molar-refractivity contribution in [1.29, 1.82) is 0 Å². The molecule has 0 atom stereocenters. The molecule has 2 heteroatoms. The van der Waals surface area contributed by atoms with Crippen LogP contribution in [0.3, 0.4) is 0 Å². The fraction of sp³-hybridized carbons (Fsp3) is 0.763. The Kier molecular flexibility index (Phi) is 34.1. The molecule has 40 heavy (non-hydrogen) atoms. The molecule has 0 rings (SSSR count). The largest absolute Gasteiger partial charge is 0.463 e. The van der Waals surface area contributed by atoms with Gasteiger partial charge >= 0.3 is 5.97 Å². The third-order valence-corrected chi connectivity index (χ3v) is 7.58. The molecule has 0 amide bonds. The third kappa shape index (κ3) is 34.5. The smallest absolute Gasteiger partial charge is 0.330 e. The van der Waals surface area contributed by atoms with Crippen LogP contribution >= 0.6 is 0 Å². The Balaban J connectivity index is 3.38. The summed E-state index contributed by atoms with van der Waals surface area (Å²) in [4.78, 5) is 11.8. The van der Waals surface area contributed by atoms with E-state index in [2.05, 4.69) is 38.2 Å². The fourth-order valence-corrected chi connectivity index (χ4v) is 4.93. The van der Waals surface area contributed by atoms with Crippen LogP contribution in [0.15, 0.2) is 48.6 Å².